The van der Waals surface area contributed by atoms with Crippen molar-refractivity contribution in [2.24, 2.45) is 0 Å². The molecule has 0 saturated carbocycles. The van der Waals surface area contributed by atoms with E-state index in [0.717, 1.165) is 16.8 Å². The quantitative estimate of drug-likeness (QED) is 0.534. The molecule has 0 radical (unpaired) electrons. The molecule has 0 saturated heterocycles. The average Bonchev–Trinajstić information content (AvgIpc) is 2.61. The molecule has 0 spiro atoms. The topological polar surface area (TPSA) is 21.3 Å². The number of hydrogen-bond donors (Lipinski definition) is 1. The lowest BCUT2D eigenvalue weighted by molar-refractivity contribution is 0.306. The van der Waals surface area contributed by atoms with E-state index < -0.39 is 0 Å². The summed E-state index contributed by atoms with van der Waals surface area (Å²) in [7, 11) is 0. The van der Waals surface area contributed by atoms with Crippen LogP contribution in [0.2, 0.25) is 10.0 Å². The molecule has 2 nitrogen and oxygen atoms in total. The van der Waals surface area contributed by atoms with Gasteiger partial charge in [0.25, 0.3) is 0 Å². The molecule has 1 N–H and O–H groups in total. The van der Waals surface area contributed by atoms with Crippen molar-refractivity contribution >= 4 is 28.9 Å². The first-order chi connectivity index (χ1) is 12.1. The Morgan fingerprint density at radius 3 is 2.36 bits per heavy atom. The maximum Gasteiger partial charge on any atom is 0.138 e. The van der Waals surface area contributed by atoms with Gasteiger partial charge in [0, 0.05) is 17.3 Å². The minimum Gasteiger partial charge on any atom is -0.487 e. The Morgan fingerprint density at radius 1 is 0.880 bits per heavy atom. The number of rotatable bonds is 6. The molecule has 0 atom stereocenters. The molecule has 128 valence electrons. The molecule has 3 rings (SSSR count). The fourth-order valence-electron chi connectivity index (χ4n) is 2.47. The zero-order chi connectivity index (χ0) is 17.6. The highest BCUT2D eigenvalue weighted by molar-refractivity contribution is 6.32. The van der Waals surface area contributed by atoms with Gasteiger partial charge in [-0.2, -0.15) is 0 Å². The van der Waals surface area contributed by atoms with Gasteiger partial charge in [0.05, 0.1) is 5.02 Å². The van der Waals surface area contributed by atoms with Crippen LogP contribution in [-0.2, 0) is 13.2 Å². The van der Waals surface area contributed by atoms with Crippen LogP contribution in [0.15, 0.2) is 66.7 Å². The summed E-state index contributed by atoms with van der Waals surface area (Å²) in [6.45, 7) is 3.24. The van der Waals surface area contributed by atoms with Crippen molar-refractivity contribution in [2.45, 2.75) is 20.1 Å². The molecule has 0 fully saturated rings. The molecular weight excluding hydrogens is 353 g/mol. The normalized spacial score (nSPS) is 10.5. The second-order valence-corrected chi connectivity index (χ2v) is 6.75. The molecule has 0 amide bonds. The second-order valence-electron chi connectivity index (χ2n) is 5.90. The first kappa shape index (κ1) is 17.7. The fourth-order valence-corrected chi connectivity index (χ4v) is 2.86. The SMILES string of the molecule is Cc1cccc(NCc2ccc(OCc3ccc(Cl)cc3)c(Cl)c2)c1. The molecule has 0 bridgehead atoms. The molecule has 0 aromatic heterocycles. The zero-order valence-corrected chi connectivity index (χ0v) is 15.4. The van der Waals surface area contributed by atoms with Gasteiger partial charge in [-0.25, -0.2) is 0 Å². The smallest absolute Gasteiger partial charge is 0.138 e. The Kier molecular flexibility index (Phi) is 5.85. The Morgan fingerprint density at radius 2 is 1.64 bits per heavy atom. The number of ether oxygens (including phenoxy) is 1. The van der Waals surface area contributed by atoms with Gasteiger partial charge in [-0.05, 0) is 60.0 Å². The van der Waals surface area contributed by atoms with Gasteiger partial charge < -0.3 is 10.1 Å². The van der Waals surface area contributed by atoms with Gasteiger partial charge in [0.2, 0.25) is 0 Å². The molecular formula is C21H19Cl2NO. The summed E-state index contributed by atoms with van der Waals surface area (Å²) >= 11 is 12.2. The summed E-state index contributed by atoms with van der Waals surface area (Å²) in [4.78, 5) is 0. The molecule has 25 heavy (non-hydrogen) atoms. The summed E-state index contributed by atoms with van der Waals surface area (Å²) in [6.07, 6.45) is 0. The van der Waals surface area contributed by atoms with Crippen LogP contribution in [0.5, 0.6) is 5.75 Å². The molecule has 0 aliphatic heterocycles. The minimum absolute atomic E-state index is 0.456. The van der Waals surface area contributed by atoms with Crippen molar-refractivity contribution < 1.29 is 4.74 Å². The van der Waals surface area contributed by atoms with Gasteiger partial charge in [0.15, 0.2) is 0 Å². The van der Waals surface area contributed by atoms with Crippen LogP contribution in [0.3, 0.4) is 0 Å². The number of benzene rings is 3. The van der Waals surface area contributed by atoms with Crippen molar-refractivity contribution in [3.8, 4) is 5.75 Å². The highest BCUT2D eigenvalue weighted by Gasteiger charge is 2.04. The lowest BCUT2D eigenvalue weighted by Crippen LogP contribution is -2.00. The van der Waals surface area contributed by atoms with Crippen molar-refractivity contribution in [1.82, 2.24) is 0 Å². The van der Waals surface area contributed by atoms with Gasteiger partial charge in [-0.3, -0.25) is 0 Å². The summed E-state index contributed by atoms with van der Waals surface area (Å²) in [5.41, 5.74) is 4.48. The molecule has 3 aromatic rings. The number of hydrogen-bond acceptors (Lipinski definition) is 2. The molecule has 3 aromatic carbocycles. The summed E-state index contributed by atoms with van der Waals surface area (Å²) in [5, 5.41) is 4.72. The van der Waals surface area contributed by atoms with Crippen molar-refractivity contribution in [1.29, 1.82) is 0 Å². The van der Waals surface area contributed by atoms with E-state index in [-0.39, 0.29) is 0 Å². The number of aryl methyl sites for hydroxylation is 1. The Balaban J connectivity index is 1.59. The minimum atomic E-state index is 0.456. The largest absolute Gasteiger partial charge is 0.487 e. The highest BCUT2D eigenvalue weighted by atomic mass is 35.5. The van der Waals surface area contributed by atoms with Crippen LogP contribution in [0, 0.1) is 6.92 Å². The van der Waals surface area contributed by atoms with E-state index in [9.17, 15) is 0 Å². The summed E-state index contributed by atoms with van der Waals surface area (Å²) < 4.78 is 5.80. The Labute approximate surface area is 158 Å². The number of halogens is 2. The van der Waals surface area contributed by atoms with Gasteiger partial charge >= 0.3 is 0 Å². The van der Waals surface area contributed by atoms with Gasteiger partial charge in [0.1, 0.15) is 12.4 Å². The van der Waals surface area contributed by atoms with E-state index in [1.165, 1.54) is 5.56 Å². The van der Waals surface area contributed by atoms with Gasteiger partial charge in [-0.15, -0.1) is 0 Å². The van der Waals surface area contributed by atoms with Crippen molar-refractivity contribution in [2.75, 3.05) is 5.32 Å². The van der Waals surface area contributed by atoms with Crippen LogP contribution < -0.4 is 10.1 Å². The monoisotopic (exact) mass is 371 g/mol. The molecule has 0 aliphatic carbocycles. The molecule has 4 heteroatoms. The highest BCUT2D eigenvalue weighted by Crippen LogP contribution is 2.27. The second kappa shape index (κ2) is 8.28. The van der Waals surface area contributed by atoms with E-state index in [4.69, 9.17) is 27.9 Å². The lowest BCUT2D eigenvalue weighted by atomic mass is 10.2. The molecule has 0 aliphatic rings. The maximum absolute atomic E-state index is 6.35. The fraction of sp³-hybridized carbons (Fsp3) is 0.143. The van der Waals surface area contributed by atoms with E-state index in [1.807, 2.05) is 48.5 Å². The summed E-state index contributed by atoms with van der Waals surface area (Å²) in [5.74, 6) is 0.677. The Hall–Kier alpha value is -2.16. The van der Waals surface area contributed by atoms with Crippen molar-refractivity contribution in [3.05, 3.63) is 93.5 Å². The van der Waals surface area contributed by atoms with Crippen molar-refractivity contribution in [3.63, 3.8) is 0 Å². The van der Waals surface area contributed by atoms with E-state index in [0.29, 0.717) is 28.9 Å². The van der Waals surface area contributed by atoms with Crippen LogP contribution >= 0.6 is 23.2 Å². The van der Waals surface area contributed by atoms with E-state index in [2.05, 4.69) is 30.4 Å². The van der Waals surface area contributed by atoms with E-state index in [1.54, 1.807) is 0 Å². The predicted octanol–water partition coefficient (Wildman–Crippen LogP) is 6.49. The predicted molar refractivity (Wildman–Crippen MR) is 106 cm³/mol. The number of anilines is 1. The van der Waals surface area contributed by atoms with Crippen LogP contribution in [-0.4, -0.2) is 0 Å². The summed E-state index contributed by atoms with van der Waals surface area (Å²) in [6, 6.07) is 21.7. The average molecular weight is 372 g/mol. The van der Waals surface area contributed by atoms with Gasteiger partial charge in [-0.1, -0.05) is 53.5 Å². The first-order valence-electron chi connectivity index (χ1n) is 8.06. The third kappa shape index (κ3) is 5.15. The first-order valence-corrected chi connectivity index (χ1v) is 8.82. The maximum atomic E-state index is 6.35. The van der Waals surface area contributed by atoms with Crippen LogP contribution in [0.4, 0.5) is 5.69 Å². The van der Waals surface area contributed by atoms with Crippen LogP contribution in [0.25, 0.3) is 0 Å². The lowest BCUT2D eigenvalue weighted by Gasteiger charge is -2.11. The van der Waals surface area contributed by atoms with Crippen LogP contribution in [0.1, 0.15) is 16.7 Å². The van der Waals surface area contributed by atoms with E-state index >= 15 is 0 Å². The third-order valence-electron chi connectivity index (χ3n) is 3.82. The zero-order valence-electron chi connectivity index (χ0n) is 13.9. The standard InChI is InChI=1S/C21H19Cl2NO/c1-15-3-2-4-19(11-15)24-13-17-7-10-21(20(23)12-17)25-14-16-5-8-18(22)9-6-16/h2-12,24H,13-14H2,1H3. The third-order valence-corrected chi connectivity index (χ3v) is 4.37. The number of nitrogens with one attached hydrogen (secondary N) is 1. The molecule has 0 heterocycles. The Bertz CT molecular complexity index is 847. The molecule has 0 unspecified atom stereocenters.